The van der Waals surface area contributed by atoms with Gasteiger partial charge in [-0.3, -0.25) is 0 Å². The standard InChI is InChI=1S/C21H22BrNO3S2/c1-2-18(17-10-8-16(9-11-17)15-6-4-3-5-7-15)19(14-24)23-28(25,26)21-13-12-20(22)27-21/h3-13,18-19,23-24H,2,14H2,1H3. The largest absolute Gasteiger partial charge is 0.395 e. The summed E-state index contributed by atoms with van der Waals surface area (Å²) in [7, 11) is -3.69. The average molecular weight is 480 g/mol. The van der Waals surface area contributed by atoms with Crippen LogP contribution in [-0.4, -0.2) is 26.2 Å². The summed E-state index contributed by atoms with van der Waals surface area (Å²) in [5, 5.41) is 9.90. The quantitative estimate of drug-likeness (QED) is 0.476. The molecule has 0 radical (unpaired) electrons. The van der Waals surface area contributed by atoms with Gasteiger partial charge in [-0.1, -0.05) is 61.5 Å². The van der Waals surface area contributed by atoms with Crippen LogP contribution in [0.3, 0.4) is 0 Å². The molecule has 0 saturated heterocycles. The summed E-state index contributed by atoms with van der Waals surface area (Å²) in [5.41, 5.74) is 3.23. The van der Waals surface area contributed by atoms with Gasteiger partial charge in [0.1, 0.15) is 4.21 Å². The molecule has 2 N–H and O–H groups in total. The van der Waals surface area contributed by atoms with Crippen molar-refractivity contribution < 1.29 is 13.5 Å². The summed E-state index contributed by atoms with van der Waals surface area (Å²) in [6.07, 6.45) is 0.701. The maximum atomic E-state index is 12.7. The minimum atomic E-state index is -3.69. The number of hydrogen-bond donors (Lipinski definition) is 2. The van der Waals surface area contributed by atoms with Gasteiger partial charge in [0, 0.05) is 5.92 Å². The molecule has 7 heteroatoms. The van der Waals surface area contributed by atoms with Crippen molar-refractivity contribution in [1.82, 2.24) is 4.72 Å². The van der Waals surface area contributed by atoms with Crippen LogP contribution in [-0.2, 0) is 10.0 Å². The van der Waals surface area contributed by atoms with E-state index < -0.39 is 16.1 Å². The molecule has 0 fully saturated rings. The predicted molar refractivity (Wildman–Crippen MR) is 118 cm³/mol. The van der Waals surface area contributed by atoms with E-state index in [2.05, 4.69) is 32.8 Å². The van der Waals surface area contributed by atoms with E-state index in [-0.39, 0.29) is 16.7 Å². The number of thiophene rings is 1. The van der Waals surface area contributed by atoms with Crippen LogP contribution in [0, 0.1) is 0 Å². The third-order valence-corrected chi connectivity index (χ3v) is 8.29. The van der Waals surface area contributed by atoms with Crippen molar-refractivity contribution in [2.45, 2.75) is 29.5 Å². The summed E-state index contributed by atoms with van der Waals surface area (Å²) in [6, 6.07) is 20.8. The first kappa shape index (κ1) is 21.2. The fraction of sp³-hybridized carbons (Fsp3) is 0.238. The molecule has 4 nitrogen and oxygen atoms in total. The first-order valence-electron chi connectivity index (χ1n) is 8.98. The Labute approximate surface area is 178 Å². The average Bonchev–Trinajstić information content (AvgIpc) is 3.16. The van der Waals surface area contributed by atoms with Gasteiger partial charge in [0.25, 0.3) is 0 Å². The number of halogens is 1. The van der Waals surface area contributed by atoms with Crippen LogP contribution in [0.5, 0.6) is 0 Å². The summed E-state index contributed by atoms with van der Waals surface area (Å²) in [4.78, 5) is 0. The minimum absolute atomic E-state index is 0.131. The molecule has 0 bridgehead atoms. The first-order chi connectivity index (χ1) is 13.4. The number of rotatable bonds is 8. The summed E-state index contributed by atoms with van der Waals surface area (Å²) in [5.74, 6) is -0.131. The van der Waals surface area contributed by atoms with Gasteiger partial charge >= 0.3 is 0 Å². The fourth-order valence-corrected chi connectivity index (χ4v) is 6.55. The van der Waals surface area contributed by atoms with Gasteiger partial charge in [-0.05, 0) is 51.2 Å². The first-order valence-corrected chi connectivity index (χ1v) is 12.1. The molecule has 0 spiro atoms. The Balaban J connectivity index is 1.82. The smallest absolute Gasteiger partial charge is 0.250 e. The second-order valence-corrected chi connectivity index (χ2v) is 10.9. The number of hydrogen-bond acceptors (Lipinski definition) is 4. The van der Waals surface area contributed by atoms with Gasteiger partial charge in [-0.2, -0.15) is 0 Å². The topological polar surface area (TPSA) is 66.4 Å². The van der Waals surface area contributed by atoms with Crippen LogP contribution >= 0.6 is 27.3 Å². The maximum absolute atomic E-state index is 12.7. The van der Waals surface area contributed by atoms with E-state index in [1.54, 1.807) is 12.1 Å². The zero-order valence-corrected chi connectivity index (χ0v) is 18.6. The molecule has 148 valence electrons. The SMILES string of the molecule is CCC(c1ccc(-c2ccccc2)cc1)C(CO)NS(=O)(=O)c1ccc(Br)s1. The lowest BCUT2D eigenvalue weighted by atomic mass is 9.89. The van der Waals surface area contributed by atoms with Crippen LogP contribution in [0.1, 0.15) is 24.8 Å². The van der Waals surface area contributed by atoms with E-state index in [1.165, 1.54) is 0 Å². The highest BCUT2D eigenvalue weighted by Gasteiger charge is 2.27. The Hall–Kier alpha value is -1.51. The van der Waals surface area contributed by atoms with Gasteiger partial charge in [-0.15, -0.1) is 11.3 Å². The maximum Gasteiger partial charge on any atom is 0.250 e. The van der Waals surface area contributed by atoms with Crippen molar-refractivity contribution >= 4 is 37.3 Å². The number of benzene rings is 2. The van der Waals surface area contributed by atoms with Crippen molar-refractivity contribution in [3.63, 3.8) is 0 Å². The third kappa shape index (κ3) is 4.90. The summed E-state index contributed by atoms with van der Waals surface area (Å²) >= 11 is 4.44. The molecular formula is C21H22BrNO3S2. The Morgan fingerprint density at radius 2 is 1.64 bits per heavy atom. The number of aliphatic hydroxyl groups excluding tert-OH is 1. The molecule has 28 heavy (non-hydrogen) atoms. The fourth-order valence-electron chi connectivity index (χ4n) is 3.25. The highest BCUT2D eigenvalue weighted by molar-refractivity contribution is 9.11. The number of nitrogens with one attached hydrogen (secondary N) is 1. The molecule has 3 rings (SSSR count). The van der Waals surface area contributed by atoms with E-state index >= 15 is 0 Å². The molecule has 0 amide bonds. The lowest BCUT2D eigenvalue weighted by Crippen LogP contribution is -2.41. The van der Waals surface area contributed by atoms with Crippen LogP contribution in [0.25, 0.3) is 11.1 Å². The van der Waals surface area contributed by atoms with E-state index in [4.69, 9.17) is 0 Å². The van der Waals surface area contributed by atoms with Crippen molar-refractivity contribution in [1.29, 1.82) is 0 Å². The van der Waals surface area contributed by atoms with Crippen LogP contribution < -0.4 is 4.72 Å². The van der Waals surface area contributed by atoms with E-state index in [9.17, 15) is 13.5 Å². The summed E-state index contributed by atoms with van der Waals surface area (Å²) in [6.45, 7) is 1.72. The van der Waals surface area contributed by atoms with Gasteiger partial charge in [-0.25, -0.2) is 13.1 Å². The molecule has 0 aliphatic rings. The molecule has 2 atom stereocenters. The Bertz CT molecular complexity index is 1000. The summed E-state index contributed by atoms with van der Waals surface area (Å²) < 4.78 is 29.0. The lowest BCUT2D eigenvalue weighted by molar-refractivity contribution is 0.236. The van der Waals surface area contributed by atoms with Crippen molar-refractivity contribution in [3.8, 4) is 11.1 Å². The number of sulfonamides is 1. The molecule has 2 aromatic carbocycles. The second-order valence-electron chi connectivity index (χ2n) is 6.47. The number of aliphatic hydroxyl groups is 1. The molecule has 2 unspecified atom stereocenters. The lowest BCUT2D eigenvalue weighted by Gasteiger charge is -2.26. The van der Waals surface area contributed by atoms with Gasteiger partial charge < -0.3 is 5.11 Å². The zero-order chi connectivity index (χ0) is 20.1. The molecule has 0 aliphatic heterocycles. The molecular weight excluding hydrogens is 458 g/mol. The molecule has 0 saturated carbocycles. The monoisotopic (exact) mass is 479 g/mol. The molecule has 0 aliphatic carbocycles. The van der Waals surface area contributed by atoms with Crippen molar-refractivity contribution in [2.75, 3.05) is 6.61 Å². The van der Waals surface area contributed by atoms with Crippen LogP contribution in [0.15, 0.2) is 74.7 Å². The van der Waals surface area contributed by atoms with Crippen LogP contribution in [0.4, 0.5) is 0 Å². The molecule has 1 heterocycles. The van der Waals surface area contributed by atoms with E-state index in [1.807, 2.05) is 49.4 Å². The zero-order valence-electron chi connectivity index (χ0n) is 15.4. The molecule has 3 aromatic rings. The minimum Gasteiger partial charge on any atom is -0.395 e. The highest BCUT2D eigenvalue weighted by atomic mass is 79.9. The highest BCUT2D eigenvalue weighted by Crippen LogP contribution is 2.30. The van der Waals surface area contributed by atoms with E-state index in [0.29, 0.717) is 6.42 Å². The molecule has 1 aromatic heterocycles. The van der Waals surface area contributed by atoms with Gasteiger partial charge in [0.15, 0.2) is 0 Å². The van der Waals surface area contributed by atoms with Gasteiger partial charge in [0.05, 0.1) is 16.4 Å². The predicted octanol–water partition coefficient (Wildman–Crippen LogP) is 5.01. The van der Waals surface area contributed by atoms with Crippen molar-refractivity contribution in [3.05, 3.63) is 76.1 Å². The Kier molecular flexibility index (Phi) is 7.06. The van der Waals surface area contributed by atoms with Crippen molar-refractivity contribution in [2.24, 2.45) is 0 Å². The third-order valence-electron chi connectivity index (χ3n) is 4.69. The Morgan fingerprint density at radius 3 is 2.18 bits per heavy atom. The normalized spacial score (nSPS) is 14.0. The van der Waals surface area contributed by atoms with Gasteiger partial charge in [0.2, 0.25) is 10.0 Å². The van der Waals surface area contributed by atoms with Crippen LogP contribution in [0.2, 0.25) is 0 Å². The second kappa shape index (κ2) is 9.33. The Morgan fingerprint density at radius 1 is 1.00 bits per heavy atom. The van der Waals surface area contributed by atoms with E-state index in [0.717, 1.165) is 31.8 Å².